The molecule has 8 heteroatoms. The van der Waals surface area contributed by atoms with Crippen molar-refractivity contribution in [1.29, 1.82) is 0 Å². The summed E-state index contributed by atoms with van der Waals surface area (Å²) in [6, 6.07) is -1.11. The maximum Gasteiger partial charge on any atom is 0.323 e. The molecule has 3 unspecified atom stereocenters. The van der Waals surface area contributed by atoms with Crippen LogP contribution in [0, 0.1) is 0 Å². The molecule has 0 radical (unpaired) electrons. The standard InChI is InChI=1S/C7H9N5O3/c13-7(14)6-4-5(9-10-6)3-2(1-8-4)11-15-12-3/h4-6,8-10H,1H2,(H,13,14). The molecule has 0 aliphatic carbocycles. The molecule has 2 aliphatic heterocycles. The second-order valence-electron chi connectivity index (χ2n) is 3.59. The number of nitrogens with zero attached hydrogens (tertiary/aromatic N) is 2. The van der Waals surface area contributed by atoms with E-state index in [1.54, 1.807) is 0 Å². The summed E-state index contributed by atoms with van der Waals surface area (Å²) in [5, 5.41) is 19.5. The van der Waals surface area contributed by atoms with Crippen molar-refractivity contribution in [2.75, 3.05) is 0 Å². The number of hydrogen-bond donors (Lipinski definition) is 4. The first-order valence-corrected chi connectivity index (χ1v) is 4.56. The fourth-order valence-electron chi connectivity index (χ4n) is 2.03. The van der Waals surface area contributed by atoms with Gasteiger partial charge in [0, 0.05) is 6.54 Å². The Morgan fingerprint density at radius 3 is 3.13 bits per heavy atom. The fraction of sp³-hybridized carbons (Fsp3) is 0.571. The molecule has 15 heavy (non-hydrogen) atoms. The highest BCUT2D eigenvalue weighted by Crippen LogP contribution is 2.27. The van der Waals surface area contributed by atoms with E-state index in [2.05, 4.69) is 31.1 Å². The van der Waals surface area contributed by atoms with Gasteiger partial charge in [-0.3, -0.25) is 4.79 Å². The average Bonchev–Trinajstić information content (AvgIpc) is 2.82. The van der Waals surface area contributed by atoms with Gasteiger partial charge in [0.1, 0.15) is 17.4 Å². The number of carboxylic acid groups (broad SMARTS) is 1. The smallest absolute Gasteiger partial charge is 0.323 e. The lowest BCUT2D eigenvalue weighted by atomic mass is 9.96. The van der Waals surface area contributed by atoms with E-state index in [0.717, 1.165) is 5.69 Å². The molecule has 0 saturated carbocycles. The number of carbonyl (C=O) groups is 1. The summed E-state index contributed by atoms with van der Waals surface area (Å²) in [4.78, 5) is 10.9. The quantitative estimate of drug-likeness (QED) is 0.428. The molecule has 8 nitrogen and oxygen atoms in total. The number of rotatable bonds is 1. The minimum atomic E-state index is -0.901. The van der Waals surface area contributed by atoms with Gasteiger partial charge in [-0.15, -0.1) is 0 Å². The predicted molar refractivity (Wildman–Crippen MR) is 45.4 cm³/mol. The van der Waals surface area contributed by atoms with Gasteiger partial charge in [-0.1, -0.05) is 10.3 Å². The highest BCUT2D eigenvalue weighted by molar-refractivity contribution is 5.75. The number of hydrazine groups is 1. The Kier molecular flexibility index (Phi) is 1.75. The van der Waals surface area contributed by atoms with Gasteiger partial charge in [0.25, 0.3) is 0 Å². The summed E-state index contributed by atoms with van der Waals surface area (Å²) < 4.78 is 4.62. The minimum Gasteiger partial charge on any atom is -0.480 e. The van der Waals surface area contributed by atoms with Crippen LogP contribution in [0.2, 0.25) is 0 Å². The molecular weight excluding hydrogens is 202 g/mol. The Morgan fingerprint density at radius 2 is 2.33 bits per heavy atom. The molecule has 80 valence electrons. The molecule has 3 heterocycles. The van der Waals surface area contributed by atoms with Crippen molar-refractivity contribution in [2.24, 2.45) is 0 Å². The van der Waals surface area contributed by atoms with Crippen LogP contribution >= 0.6 is 0 Å². The molecule has 0 amide bonds. The van der Waals surface area contributed by atoms with Gasteiger partial charge in [-0.2, -0.15) is 0 Å². The summed E-state index contributed by atoms with van der Waals surface area (Å²) in [5.74, 6) is -0.901. The van der Waals surface area contributed by atoms with Crippen molar-refractivity contribution in [2.45, 2.75) is 24.7 Å². The largest absolute Gasteiger partial charge is 0.480 e. The van der Waals surface area contributed by atoms with Crippen LogP contribution in [0.5, 0.6) is 0 Å². The summed E-state index contributed by atoms with van der Waals surface area (Å²) in [6.45, 7) is 0.479. The Bertz CT molecular complexity index is 405. The minimum absolute atomic E-state index is 0.207. The number of hydrogen-bond acceptors (Lipinski definition) is 7. The van der Waals surface area contributed by atoms with Gasteiger partial charge < -0.3 is 10.4 Å². The van der Waals surface area contributed by atoms with Crippen LogP contribution in [0.3, 0.4) is 0 Å². The highest BCUT2D eigenvalue weighted by Gasteiger charge is 2.45. The molecule has 0 spiro atoms. The van der Waals surface area contributed by atoms with E-state index in [0.29, 0.717) is 12.2 Å². The lowest BCUT2D eigenvalue weighted by Gasteiger charge is -2.24. The van der Waals surface area contributed by atoms with E-state index in [1.807, 2.05) is 0 Å². The summed E-state index contributed by atoms with van der Waals surface area (Å²) in [7, 11) is 0. The second-order valence-corrected chi connectivity index (χ2v) is 3.59. The summed E-state index contributed by atoms with van der Waals surface area (Å²) in [6.07, 6.45) is 0. The first-order valence-electron chi connectivity index (χ1n) is 4.56. The van der Waals surface area contributed by atoms with Crippen molar-refractivity contribution in [3.63, 3.8) is 0 Å². The summed E-state index contributed by atoms with van der Waals surface area (Å²) in [5.41, 5.74) is 6.98. The molecule has 1 aromatic rings. The molecule has 0 bridgehead atoms. The zero-order chi connectivity index (χ0) is 10.4. The van der Waals surface area contributed by atoms with Gasteiger partial charge in [-0.05, 0) is 0 Å². The number of fused-ring (bicyclic) bond motifs is 3. The van der Waals surface area contributed by atoms with E-state index in [-0.39, 0.29) is 12.1 Å². The Labute approximate surface area is 84.0 Å². The van der Waals surface area contributed by atoms with Crippen molar-refractivity contribution in [3.05, 3.63) is 11.4 Å². The number of carboxylic acids is 1. The van der Waals surface area contributed by atoms with E-state index < -0.39 is 12.0 Å². The molecule has 1 saturated heterocycles. The van der Waals surface area contributed by atoms with Crippen molar-refractivity contribution in [1.82, 2.24) is 26.5 Å². The predicted octanol–water partition coefficient (Wildman–Crippen LogP) is -1.86. The molecule has 3 atom stereocenters. The molecule has 0 aromatic carbocycles. The van der Waals surface area contributed by atoms with Gasteiger partial charge in [-0.25, -0.2) is 15.5 Å². The van der Waals surface area contributed by atoms with E-state index in [1.165, 1.54) is 0 Å². The van der Waals surface area contributed by atoms with Gasteiger partial charge >= 0.3 is 5.97 Å². The molecule has 4 N–H and O–H groups in total. The number of aromatic nitrogens is 2. The van der Waals surface area contributed by atoms with Gasteiger partial charge in [0.2, 0.25) is 0 Å². The zero-order valence-electron chi connectivity index (χ0n) is 7.60. The molecule has 1 aromatic heterocycles. The van der Waals surface area contributed by atoms with Crippen LogP contribution in [0.1, 0.15) is 17.4 Å². The van der Waals surface area contributed by atoms with Crippen LogP contribution < -0.4 is 16.2 Å². The van der Waals surface area contributed by atoms with Crippen LogP contribution in [0.25, 0.3) is 0 Å². The first kappa shape index (κ1) is 8.77. The van der Waals surface area contributed by atoms with E-state index in [4.69, 9.17) is 5.11 Å². The normalized spacial score (nSPS) is 33.5. The third-order valence-corrected chi connectivity index (χ3v) is 2.76. The fourth-order valence-corrected chi connectivity index (χ4v) is 2.03. The van der Waals surface area contributed by atoms with Crippen molar-refractivity contribution < 1.29 is 14.5 Å². The SMILES string of the molecule is O=C(O)C1NNC2c3nonc3CNC12. The third kappa shape index (κ3) is 1.16. The topological polar surface area (TPSA) is 112 Å². The van der Waals surface area contributed by atoms with E-state index >= 15 is 0 Å². The lowest BCUT2D eigenvalue weighted by Crippen LogP contribution is -2.48. The number of nitrogens with one attached hydrogen (secondary N) is 3. The van der Waals surface area contributed by atoms with Crippen LogP contribution in [-0.2, 0) is 11.3 Å². The highest BCUT2D eigenvalue weighted by atomic mass is 16.6. The lowest BCUT2D eigenvalue weighted by molar-refractivity contribution is -0.139. The maximum absolute atomic E-state index is 10.9. The monoisotopic (exact) mass is 211 g/mol. The van der Waals surface area contributed by atoms with Gasteiger partial charge in [0.15, 0.2) is 0 Å². The summed E-state index contributed by atoms with van der Waals surface area (Å²) >= 11 is 0. The third-order valence-electron chi connectivity index (χ3n) is 2.76. The van der Waals surface area contributed by atoms with Crippen molar-refractivity contribution >= 4 is 5.97 Å². The Hall–Kier alpha value is -1.51. The van der Waals surface area contributed by atoms with Crippen LogP contribution in [0.15, 0.2) is 4.63 Å². The zero-order valence-corrected chi connectivity index (χ0v) is 7.60. The second kappa shape index (κ2) is 2.99. The molecule has 2 aliphatic rings. The average molecular weight is 211 g/mol. The van der Waals surface area contributed by atoms with Gasteiger partial charge in [0.05, 0.1) is 12.1 Å². The first-order chi connectivity index (χ1) is 7.27. The molecular formula is C7H9N5O3. The van der Waals surface area contributed by atoms with Crippen LogP contribution in [0.4, 0.5) is 0 Å². The van der Waals surface area contributed by atoms with E-state index in [9.17, 15) is 4.79 Å². The molecule has 1 fully saturated rings. The Morgan fingerprint density at radius 1 is 1.47 bits per heavy atom. The maximum atomic E-state index is 10.9. The molecule has 3 rings (SSSR count). The number of aliphatic carboxylic acids is 1. The van der Waals surface area contributed by atoms with Crippen molar-refractivity contribution in [3.8, 4) is 0 Å². The van der Waals surface area contributed by atoms with Crippen LogP contribution in [-0.4, -0.2) is 33.5 Å². The Balaban J connectivity index is 1.94.